The number of nitrogens with one attached hydrogen (secondary N) is 1. The van der Waals surface area contributed by atoms with Crippen molar-refractivity contribution in [3.63, 3.8) is 0 Å². The fourth-order valence-corrected chi connectivity index (χ4v) is 4.82. The Labute approximate surface area is 165 Å². The minimum Gasteiger partial charge on any atom is -0.459 e. The summed E-state index contributed by atoms with van der Waals surface area (Å²) in [5, 5.41) is 2.87. The fraction of sp³-hybridized carbons (Fsp3) is 0.700. The van der Waals surface area contributed by atoms with E-state index in [9.17, 15) is 9.59 Å². The maximum absolute atomic E-state index is 12.4. The molecule has 4 atom stereocenters. The molecule has 2 bridgehead atoms. The fourth-order valence-electron chi connectivity index (χ4n) is 3.94. The van der Waals surface area contributed by atoms with Gasteiger partial charge in [-0.25, -0.2) is 4.79 Å². The van der Waals surface area contributed by atoms with Gasteiger partial charge in [-0.15, -0.1) is 0 Å². The van der Waals surface area contributed by atoms with Crippen LogP contribution in [0.3, 0.4) is 0 Å². The van der Waals surface area contributed by atoms with Crippen molar-refractivity contribution in [3.05, 3.63) is 23.8 Å². The second-order valence-corrected chi connectivity index (χ2v) is 8.47. The molecule has 0 aromatic rings. The standard InChI is InChI=1S/C20H29NO5S/c1-14-8-6-4-3-5-7-9-15-11-16(25-18(22)10-14)12-20(24-2,26-15)17-13-27-19(23)21-17/h3-4,10,15-17H,5-9,11-13H2,1-2H3,(H,21,23)/b4-3+,14-10-/t15-,16?,17?,20?/m1/s1. The van der Waals surface area contributed by atoms with Crippen molar-refractivity contribution in [3.8, 4) is 0 Å². The third-order valence-corrected chi connectivity index (χ3v) is 6.25. The van der Waals surface area contributed by atoms with E-state index in [1.165, 1.54) is 11.8 Å². The van der Waals surface area contributed by atoms with Crippen molar-refractivity contribution < 1.29 is 23.8 Å². The van der Waals surface area contributed by atoms with Crippen LogP contribution in [-0.4, -0.2) is 48.1 Å². The van der Waals surface area contributed by atoms with Crippen LogP contribution in [0, 0.1) is 0 Å². The number of hydrogen-bond acceptors (Lipinski definition) is 6. The van der Waals surface area contributed by atoms with E-state index in [2.05, 4.69) is 17.5 Å². The summed E-state index contributed by atoms with van der Waals surface area (Å²) in [4.78, 5) is 24.1. The number of ether oxygens (including phenoxy) is 3. The topological polar surface area (TPSA) is 73.9 Å². The van der Waals surface area contributed by atoms with E-state index in [0.717, 1.165) is 37.7 Å². The van der Waals surface area contributed by atoms with Crippen LogP contribution in [0.15, 0.2) is 23.8 Å². The molecule has 0 saturated carbocycles. The van der Waals surface area contributed by atoms with Crippen molar-refractivity contribution in [1.82, 2.24) is 5.32 Å². The Kier molecular flexibility index (Phi) is 7.00. The molecule has 0 aromatic carbocycles. The largest absolute Gasteiger partial charge is 0.459 e. The second kappa shape index (κ2) is 9.26. The summed E-state index contributed by atoms with van der Waals surface area (Å²) < 4.78 is 17.9. The molecule has 6 nitrogen and oxygen atoms in total. The first kappa shape index (κ1) is 20.4. The Morgan fingerprint density at radius 3 is 2.81 bits per heavy atom. The van der Waals surface area contributed by atoms with Crippen LogP contribution in [-0.2, 0) is 19.0 Å². The van der Waals surface area contributed by atoms with E-state index in [4.69, 9.17) is 14.2 Å². The normalized spacial score (nSPS) is 38.9. The SMILES string of the molecule is COC1(C2CSC(=O)N2)CC2C[C@@H](CCC/C=C/CC/C(C)=C\C(=O)O2)O1. The Hall–Kier alpha value is -1.31. The number of methoxy groups -OCH3 is 1. The lowest BCUT2D eigenvalue weighted by Gasteiger charge is -2.46. The highest BCUT2D eigenvalue weighted by Gasteiger charge is 2.51. The molecule has 1 amide bonds. The van der Waals surface area contributed by atoms with E-state index >= 15 is 0 Å². The van der Waals surface area contributed by atoms with Gasteiger partial charge in [0, 0.05) is 31.8 Å². The number of hydrogen-bond donors (Lipinski definition) is 1. The summed E-state index contributed by atoms with van der Waals surface area (Å²) in [5.41, 5.74) is 1.02. The number of amides is 1. The summed E-state index contributed by atoms with van der Waals surface area (Å²) in [7, 11) is 1.60. The maximum atomic E-state index is 12.4. The summed E-state index contributed by atoms with van der Waals surface area (Å²) in [6, 6.07) is -0.250. The minimum atomic E-state index is -0.960. The summed E-state index contributed by atoms with van der Waals surface area (Å²) in [6.45, 7) is 1.96. The molecule has 7 heteroatoms. The van der Waals surface area contributed by atoms with Gasteiger partial charge in [0.2, 0.25) is 0 Å². The summed E-state index contributed by atoms with van der Waals surface area (Å²) >= 11 is 1.23. The maximum Gasteiger partial charge on any atom is 0.330 e. The van der Waals surface area contributed by atoms with Gasteiger partial charge in [-0.1, -0.05) is 29.5 Å². The van der Waals surface area contributed by atoms with Crippen molar-refractivity contribution in [2.24, 2.45) is 0 Å². The zero-order valence-electron chi connectivity index (χ0n) is 16.1. The zero-order valence-corrected chi connectivity index (χ0v) is 16.9. The van der Waals surface area contributed by atoms with Gasteiger partial charge in [-0.05, 0) is 39.0 Å². The first-order valence-corrected chi connectivity index (χ1v) is 10.7. The summed E-state index contributed by atoms with van der Waals surface area (Å²) in [6.07, 6.45) is 11.3. The highest BCUT2D eigenvalue weighted by Crippen LogP contribution is 2.38. The number of esters is 1. The van der Waals surface area contributed by atoms with E-state index < -0.39 is 5.79 Å². The van der Waals surface area contributed by atoms with Gasteiger partial charge < -0.3 is 19.5 Å². The third-order valence-electron chi connectivity index (χ3n) is 5.37. The highest BCUT2D eigenvalue weighted by atomic mass is 32.2. The molecule has 3 heterocycles. The Morgan fingerprint density at radius 1 is 1.26 bits per heavy atom. The van der Waals surface area contributed by atoms with Crippen LogP contribution in [0.4, 0.5) is 4.79 Å². The molecule has 0 spiro atoms. The van der Waals surface area contributed by atoms with Gasteiger partial charge in [0.25, 0.3) is 5.24 Å². The predicted molar refractivity (Wildman–Crippen MR) is 104 cm³/mol. The van der Waals surface area contributed by atoms with Crippen molar-refractivity contribution in [2.45, 2.75) is 75.9 Å². The van der Waals surface area contributed by atoms with Crippen LogP contribution in [0.25, 0.3) is 0 Å². The van der Waals surface area contributed by atoms with Gasteiger partial charge in [-0.2, -0.15) is 0 Å². The third kappa shape index (κ3) is 5.36. The number of rotatable bonds is 2. The van der Waals surface area contributed by atoms with E-state index in [1.807, 2.05) is 6.92 Å². The molecule has 3 aliphatic rings. The highest BCUT2D eigenvalue weighted by molar-refractivity contribution is 8.14. The molecule has 2 saturated heterocycles. The Morgan fingerprint density at radius 2 is 2.07 bits per heavy atom. The number of allylic oxidation sites excluding steroid dienone is 3. The first-order chi connectivity index (χ1) is 13.0. The average molecular weight is 396 g/mol. The van der Waals surface area contributed by atoms with Crippen LogP contribution in [0.5, 0.6) is 0 Å². The molecular weight excluding hydrogens is 366 g/mol. The van der Waals surface area contributed by atoms with Gasteiger partial charge in [-0.3, -0.25) is 4.79 Å². The number of carbonyl (C=O) groups excluding carboxylic acids is 2. The van der Waals surface area contributed by atoms with Crippen LogP contribution < -0.4 is 5.32 Å². The lowest BCUT2D eigenvalue weighted by Crippen LogP contribution is -2.59. The summed E-state index contributed by atoms with van der Waals surface area (Å²) in [5.74, 6) is -0.686. The van der Waals surface area contributed by atoms with Crippen molar-refractivity contribution in [2.75, 3.05) is 12.9 Å². The average Bonchev–Trinajstić information content (AvgIpc) is 3.07. The van der Waals surface area contributed by atoms with E-state index in [0.29, 0.717) is 18.6 Å². The van der Waals surface area contributed by atoms with Gasteiger partial charge in [0.15, 0.2) is 5.79 Å². The van der Waals surface area contributed by atoms with Gasteiger partial charge in [0.05, 0.1) is 12.1 Å². The molecule has 0 radical (unpaired) electrons. The molecular formula is C20H29NO5S. The smallest absolute Gasteiger partial charge is 0.330 e. The quantitative estimate of drug-likeness (QED) is 0.568. The van der Waals surface area contributed by atoms with E-state index in [-0.39, 0.29) is 29.5 Å². The molecule has 3 rings (SSSR count). The first-order valence-electron chi connectivity index (χ1n) is 9.70. The number of thioether (sulfide) groups is 1. The monoisotopic (exact) mass is 395 g/mol. The van der Waals surface area contributed by atoms with Crippen molar-refractivity contribution in [1.29, 1.82) is 0 Å². The molecule has 0 aromatic heterocycles. The zero-order chi connectivity index (χ0) is 19.3. The Balaban J connectivity index is 1.80. The lowest BCUT2D eigenvalue weighted by molar-refractivity contribution is -0.296. The molecule has 3 aliphatic heterocycles. The molecule has 2 fully saturated rings. The lowest BCUT2D eigenvalue weighted by atomic mass is 9.91. The Bertz CT molecular complexity index is 619. The van der Waals surface area contributed by atoms with Gasteiger partial charge in [0.1, 0.15) is 6.10 Å². The van der Waals surface area contributed by atoms with Crippen molar-refractivity contribution >= 4 is 23.0 Å². The van der Waals surface area contributed by atoms with Crippen LogP contribution in [0.1, 0.15) is 51.9 Å². The van der Waals surface area contributed by atoms with Gasteiger partial charge >= 0.3 is 5.97 Å². The minimum absolute atomic E-state index is 0.0680. The van der Waals surface area contributed by atoms with Crippen LogP contribution >= 0.6 is 11.8 Å². The predicted octanol–water partition coefficient (Wildman–Crippen LogP) is 3.71. The molecule has 1 N–H and O–H groups in total. The molecule has 0 aliphatic carbocycles. The molecule has 3 unspecified atom stereocenters. The van der Waals surface area contributed by atoms with Crippen LogP contribution in [0.2, 0.25) is 0 Å². The molecule has 27 heavy (non-hydrogen) atoms. The molecule has 150 valence electrons. The van der Waals surface area contributed by atoms with E-state index in [1.54, 1.807) is 13.2 Å². The number of carbonyl (C=O) groups is 2. The number of fused-ring (bicyclic) bond motifs is 2. The second-order valence-electron chi connectivity index (χ2n) is 7.48.